The molecule has 0 saturated carbocycles. The molecule has 1 rings (SSSR count). The van der Waals surface area contributed by atoms with Crippen molar-refractivity contribution >= 4 is 18.1 Å². The lowest BCUT2D eigenvalue weighted by Gasteiger charge is -2.04. The lowest BCUT2D eigenvalue weighted by molar-refractivity contribution is -0.131. The fourth-order valence-corrected chi connectivity index (χ4v) is 1.05. The van der Waals surface area contributed by atoms with E-state index in [1.807, 2.05) is 0 Å². The molecular weight excluding hydrogens is 224 g/mol. The quantitative estimate of drug-likeness (QED) is 0.371. The summed E-state index contributed by atoms with van der Waals surface area (Å²) < 4.78 is 0. The van der Waals surface area contributed by atoms with Crippen LogP contribution in [0.2, 0.25) is 0 Å². The Bertz CT molecular complexity index is 394. The Balaban J connectivity index is 2.17. The minimum Gasteiger partial charge on any atom is -0.351 e. The lowest BCUT2D eigenvalue weighted by atomic mass is 10.3. The number of aromatic nitrogens is 2. The fourth-order valence-electron chi connectivity index (χ4n) is 1.05. The van der Waals surface area contributed by atoms with Crippen molar-refractivity contribution in [3.63, 3.8) is 0 Å². The number of rotatable bonds is 6. The number of nitrogens with zero attached hydrogens (tertiary/aromatic N) is 2. The van der Waals surface area contributed by atoms with Gasteiger partial charge in [0.15, 0.2) is 0 Å². The molecule has 0 aliphatic rings. The summed E-state index contributed by atoms with van der Waals surface area (Å²) in [5.74, 6) is -0.981. The highest BCUT2D eigenvalue weighted by Crippen LogP contribution is 1.89. The standard InChI is InChI=1S/C10H12N4O3/c15-7-9(16)13-2-1-3-14-10(17)8-6-11-4-5-12-8/h4-7H,1-3H2,(H,13,16)(H,14,17). The summed E-state index contributed by atoms with van der Waals surface area (Å²) >= 11 is 0. The van der Waals surface area contributed by atoms with Crippen molar-refractivity contribution in [3.05, 3.63) is 24.3 Å². The Morgan fingerprint density at radius 3 is 2.65 bits per heavy atom. The topological polar surface area (TPSA) is 101 Å². The second kappa shape index (κ2) is 7.04. The van der Waals surface area contributed by atoms with Crippen LogP contribution in [0.1, 0.15) is 16.9 Å². The number of amides is 2. The molecule has 90 valence electrons. The molecule has 1 heterocycles. The summed E-state index contributed by atoms with van der Waals surface area (Å²) in [5.41, 5.74) is 0.240. The van der Waals surface area contributed by atoms with Gasteiger partial charge in [0.25, 0.3) is 11.8 Å². The largest absolute Gasteiger partial charge is 0.351 e. The van der Waals surface area contributed by atoms with Gasteiger partial charge >= 0.3 is 0 Å². The third-order valence-corrected chi connectivity index (χ3v) is 1.84. The molecule has 2 amide bonds. The normalized spacial score (nSPS) is 9.41. The van der Waals surface area contributed by atoms with Gasteiger partial charge in [-0.2, -0.15) is 0 Å². The molecule has 0 aliphatic heterocycles. The zero-order chi connectivity index (χ0) is 12.5. The molecule has 0 spiro atoms. The number of aldehydes is 1. The maximum atomic E-state index is 11.4. The van der Waals surface area contributed by atoms with Crippen molar-refractivity contribution in [1.29, 1.82) is 0 Å². The van der Waals surface area contributed by atoms with Gasteiger partial charge in [-0.1, -0.05) is 0 Å². The van der Waals surface area contributed by atoms with Gasteiger partial charge in [-0.15, -0.1) is 0 Å². The number of carbonyl (C=O) groups is 3. The van der Waals surface area contributed by atoms with E-state index in [2.05, 4.69) is 20.6 Å². The maximum Gasteiger partial charge on any atom is 0.284 e. The summed E-state index contributed by atoms with van der Waals surface area (Å²) in [5, 5.41) is 4.97. The van der Waals surface area contributed by atoms with Crippen LogP contribution >= 0.6 is 0 Å². The van der Waals surface area contributed by atoms with E-state index >= 15 is 0 Å². The third kappa shape index (κ3) is 4.83. The highest BCUT2D eigenvalue weighted by molar-refractivity contribution is 6.23. The Morgan fingerprint density at radius 2 is 2.00 bits per heavy atom. The van der Waals surface area contributed by atoms with Crippen molar-refractivity contribution < 1.29 is 14.4 Å². The van der Waals surface area contributed by atoms with Crippen molar-refractivity contribution in [3.8, 4) is 0 Å². The van der Waals surface area contributed by atoms with Crippen LogP contribution in [0.3, 0.4) is 0 Å². The predicted molar refractivity (Wildman–Crippen MR) is 58.1 cm³/mol. The van der Waals surface area contributed by atoms with Gasteiger partial charge in [0.05, 0.1) is 6.20 Å². The second-order valence-electron chi connectivity index (χ2n) is 3.11. The van der Waals surface area contributed by atoms with E-state index in [9.17, 15) is 14.4 Å². The highest BCUT2D eigenvalue weighted by Gasteiger charge is 2.05. The van der Waals surface area contributed by atoms with E-state index in [0.29, 0.717) is 19.5 Å². The van der Waals surface area contributed by atoms with E-state index in [0.717, 1.165) is 0 Å². The third-order valence-electron chi connectivity index (χ3n) is 1.84. The van der Waals surface area contributed by atoms with E-state index in [-0.39, 0.29) is 17.9 Å². The molecular formula is C10H12N4O3. The molecule has 0 fully saturated rings. The first-order chi connectivity index (χ1) is 8.24. The molecule has 0 aliphatic carbocycles. The van der Waals surface area contributed by atoms with Crippen LogP contribution < -0.4 is 10.6 Å². The van der Waals surface area contributed by atoms with Crippen LogP contribution in [0.4, 0.5) is 0 Å². The molecule has 1 aromatic heterocycles. The summed E-state index contributed by atoms with van der Waals surface area (Å²) in [4.78, 5) is 39.5. The molecule has 0 atom stereocenters. The highest BCUT2D eigenvalue weighted by atomic mass is 16.2. The maximum absolute atomic E-state index is 11.4. The molecule has 17 heavy (non-hydrogen) atoms. The molecule has 0 saturated heterocycles. The van der Waals surface area contributed by atoms with Crippen LogP contribution in [-0.4, -0.2) is 41.2 Å². The number of hydrogen-bond donors (Lipinski definition) is 2. The fraction of sp³-hybridized carbons (Fsp3) is 0.300. The van der Waals surface area contributed by atoms with E-state index in [1.54, 1.807) is 0 Å². The molecule has 7 heteroatoms. The van der Waals surface area contributed by atoms with Crippen LogP contribution in [0.5, 0.6) is 0 Å². The summed E-state index contributed by atoms with van der Waals surface area (Å²) in [6.45, 7) is 0.715. The summed E-state index contributed by atoms with van der Waals surface area (Å²) in [7, 11) is 0. The minimum absolute atomic E-state index is 0.206. The average Bonchev–Trinajstić information content (AvgIpc) is 2.38. The van der Waals surface area contributed by atoms with E-state index in [1.165, 1.54) is 18.6 Å². The second-order valence-corrected chi connectivity index (χ2v) is 3.11. The van der Waals surface area contributed by atoms with Gasteiger partial charge in [-0.3, -0.25) is 19.4 Å². The van der Waals surface area contributed by atoms with E-state index < -0.39 is 5.91 Å². The molecule has 0 bridgehead atoms. The Hall–Kier alpha value is -2.31. The predicted octanol–water partition coefficient (Wildman–Crippen LogP) is -1.09. The monoisotopic (exact) mass is 236 g/mol. The van der Waals surface area contributed by atoms with Crippen molar-refractivity contribution in [2.24, 2.45) is 0 Å². The smallest absolute Gasteiger partial charge is 0.284 e. The van der Waals surface area contributed by atoms with Crippen molar-refractivity contribution in [2.75, 3.05) is 13.1 Å². The van der Waals surface area contributed by atoms with Gasteiger partial charge in [0.1, 0.15) is 5.69 Å². The zero-order valence-electron chi connectivity index (χ0n) is 9.05. The van der Waals surface area contributed by atoms with Gasteiger partial charge in [-0.05, 0) is 6.42 Å². The molecule has 0 unspecified atom stereocenters. The minimum atomic E-state index is -0.662. The molecule has 1 aromatic rings. The van der Waals surface area contributed by atoms with Crippen LogP contribution in [0.25, 0.3) is 0 Å². The van der Waals surface area contributed by atoms with Gasteiger partial charge in [0, 0.05) is 25.5 Å². The van der Waals surface area contributed by atoms with Gasteiger partial charge in [-0.25, -0.2) is 4.98 Å². The first kappa shape index (κ1) is 12.8. The van der Waals surface area contributed by atoms with Crippen molar-refractivity contribution in [2.45, 2.75) is 6.42 Å². The SMILES string of the molecule is O=CC(=O)NCCCNC(=O)c1cnccn1. The van der Waals surface area contributed by atoms with Crippen LogP contribution in [0, 0.1) is 0 Å². The lowest BCUT2D eigenvalue weighted by Crippen LogP contribution is -2.30. The van der Waals surface area contributed by atoms with Gasteiger partial charge in [0.2, 0.25) is 6.29 Å². The molecule has 2 N–H and O–H groups in total. The number of hydrogen-bond acceptors (Lipinski definition) is 5. The molecule has 0 aromatic carbocycles. The van der Waals surface area contributed by atoms with Gasteiger partial charge < -0.3 is 10.6 Å². The first-order valence-electron chi connectivity index (χ1n) is 5.01. The van der Waals surface area contributed by atoms with Crippen molar-refractivity contribution in [1.82, 2.24) is 20.6 Å². The summed E-state index contributed by atoms with van der Waals surface area (Å²) in [6.07, 6.45) is 5.01. The Labute approximate surface area is 97.6 Å². The number of carbonyl (C=O) groups excluding carboxylic acids is 3. The zero-order valence-corrected chi connectivity index (χ0v) is 9.05. The Morgan fingerprint density at radius 1 is 1.24 bits per heavy atom. The first-order valence-corrected chi connectivity index (χ1v) is 5.01. The molecule has 0 radical (unpaired) electrons. The average molecular weight is 236 g/mol. The Kier molecular flexibility index (Phi) is 5.29. The van der Waals surface area contributed by atoms with Crippen LogP contribution in [0.15, 0.2) is 18.6 Å². The summed E-state index contributed by atoms with van der Waals surface area (Å²) in [6, 6.07) is 0. The van der Waals surface area contributed by atoms with E-state index in [4.69, 9.17) is 0 Å². The van der Waals surface area contributed by atoms with Crippen LogP contribution in [-0.2, 0) is 9.59 Å². The molecule has 7 nitrogen and oxygen atoms in total. The number of nitrogens with one attached hydrogen (secondary N) is 2.